The minimum Gasteiger partial charge on any atom is -0.378 e. The molecular weight excluding hydrogens is 465 g/mol. The van der Waals surface area contributed by atoms with Crippen molar-refractivity contribution in [3.63, 3.8) is 0 Å². The Morgan fingerprint density at radius 3 is 2.61 bits per heavy atom. The first-order chi connectivity index (χ1) is 13.3. The minimum atomic E-state index is 0. The molecule has 1 aromatic heterocycles. The predicted octanol–water partition coefficient (Wildman–Crippen LogP) is 3.84. The number of guanidine groups is 1. The Hall–Kier alpha value is -0.830. The van der Waals surface area contributed by atoms with Gasteiger partial charge in [-0.05, 0) is 51.4 Å². The highest BCUT2D eigenvalue weighted by atomic mass is 127. The van der Waals surface area contributed by atoms with E-state index in [1.807, 2.05) is 13.2 Å². The standard InChI is InChI=1S/C21H37N5O.HI/c1-18-23-12-16-25(18)13-6-5-11-24-21(22-2)26-14-9-20(10-15-26)27-17-19-7-3-4-8-19;/h12,16,19-20H,3-11,13-15,17H2,1-2H3,(H,22,24);1H. The lowest BCUT2D eigenvalue weighted by Crippen LogP contribution is -2.47. The lowest BCUT2D eigenvalue weighted by atomic mass is 10.1. The molecule has 1 aliphatic heterocycles. The Kier molecular flexibility index (Phi) is 10.6. The minimum absolute atomic E-state index is 0. The van der Waals surface area contributed by atoms with Crippen molar-refractivity contribution in [2.24, 2.45) is 10.9 Å². The number of ether oxygens (including phenoxy) is 1. The summed E-state index contributed by atoms with van der Waals surface area (Å²) in [4.78, 5) is 11.1. The van der Waals surface area contributed by atoms with E-state index in [1.165, 1.54) is 25.7 Å². The third-order valence-corrected chi connectivity index (χ3v) is 6.03. The SMILES string of the molecule is CN=C(NCCCCn1ccnc1C)N1CCC(OCC2CCCC2)CC1.I. The van der Waals surface area contributed by atoms with E-state index in [2.05, 4.69) is 37.9 Å². The number of hydrogen-bond donors (Lipinski definition) is 1. The number of nitrogens with one attached hydrogen (secondary N) is 1. The number of likely N-dealkylation sites (tertiary alicyclic amines) is 1. The average molecular weight is 503 g/mol. The molecule has 1 saturated carbocycles. The van der Waals surface area contributed by atoms with Crippen LogP contribution in [0.15, 0.2) is 17.4 Å². The molecule has 2 fully saturated rings. The van der Waals surface area contributed by atoms with Gasteiger partial charge in [-0.15, -0.1) is 24.0 Å². The number of unbranched alkanes of at least 4 members (excludes halogenated alkanes) is 1. The highest BCUT2D eigenvalue weighted by molar-refractivity contribution is 14.0. The van der Waals surface area contributed by atoms with Gasteiger partial charge in [0, 0.05) is 52.2 Å². The average Bonchev–Trinajstić information content (AvgIpc) is 3.35. The molecule has 160 valence electrons. The number of rotatable bonds is 8. The van der Waals surface area contributed by atoms with Crippen molar-refractivity contribution in [1.29, 1.82) is 0 Å². The number of aromatic nitrogens is 2. The van der Waals surface area contributed by atoms with Gasteiger partial charge in [0.05, 0.1) is 6.10 Å². The Balaban J connectivity index is 0.00000280. The van der Waals surface area contributed by atoms with Crippen molar-refractivity contribution < 1.29 is 4.74 Å². The monoisotopic (exact) mass is 503 g/mol. The van der Waals surface area contributed by atoms with E-state index in [0.29, 0.717) is 6.10 Å². The van der Waals surface area contributed by atoms with Crippen LogP contribution in [0.25, 0.3) is 0 Å². The Morgan fingerprint density at radius 1 is 1.21 bits per heavy atom. The largest absolute Gasteiger partial charge is 0.378 e. The molecule has 0 bridgehead atoms. The molecule has 6 nitrogen and oxygen atoms in total. The maximum absolute atomic E-state index is 6.19. The van der Waals surface area contributed by atoms with Crippen molar-refractivity contribution in [3.05, 3.63) is 18.2 Å². The summed E-state index contributed by atoms with van der Waals surface area (Å²) >= 11 is 0. The van der Waals surface area contributed by atoms with Gasteiger partial charge >= 0.3 is 0 Å². The zero-order valence-electron chi connectivity index (χ0n) is 17.6. The summed E-state index contributed by atoms with van der Waals surface area (Å²) in [5.74, 6) is 2.96. The summed E-state index contributed by atoms with van der Waals surface area (Å²) in [6.45, 7) is 7.13. The summed E-state index contributed by atoms with van der Waals surface area (Å²) in [7, 11) is 1.89. The smallest absolute Gasteiger partial charge is 0.193 e. The van der Waals surface area contributed by atoms with Gasteiger partial charge in [-0.3, -0.25) is 4.99 Å². The molecule has 3 rings (SSSR count). The van der Waals surface area contributed by atoms with E-state index in [4.69, 9.17) is 4.74 Å². The van der Waals surface area contributed by atoms with E-state index < -0.39 is 0 Å². The van der Waals surface area contributed by atoms with E-state index in [-0.39, 0.29) is 24.0 Å². The molecule has 0 aromatic carbocycles. The number of nitrogens with zero attached hydrogens (tertiary/aromatic N) is 4. The van der Waals surface area contributed by atoms with Gasteiger partial charge in [0.2, 0.25) is 0 Å². The van der Waals surface area contributed by atoms with Crippen LogP contribution in [0.5, 0.6) is 0 Å². The number of aliphatic imine (C=N–C) groups is 1. The first-order valence-electron chi connectivity index (χ1n) is 10.8. The summed E-state index contributed by atoms with van der Waals surface area (Å²) < 4.78 is 8.41. The number of imidazole rings is 1. The van der Waals surface area contributed by atoms with Crippen LogP contribution in [-0.4, -0.2) is 59.8 Å². The van der Waals surface area contributed by atoms with E-state index >= 15 is 0 Å². The zero-order chi connectivity index (χ0) is 18.9. The molecule has 0 unspecified atom stereocenters. The zero-order valence-corrected chi connectivity index (χ0v) is 19.9. The van der Waals surface area contributed by atoms with Crippen LogP contribution in [0.2, 0.25) is 0 Å². The maximum Gasteiger partial charge on any atom is 0.193 e. The van der Waals surface area contributed by atoms with Gasteiger partial charge in [0.15, 0.2) is 5.96 Å². The Bertz CT molecular complexity index is 577. The first kappa shape index (κ1) is 23.4. The molecule has 2 heterocycles. The summed E-state index contributed by atoms with van der Waals surface area (Å²) in [5, 5.41) is 3.54. The summed E-state index contributed by atoms with van der Waals surface area (Å²) in [5.41, 5.74) is 0. The molecule has 1 aromatic rings. The highest BCUT2D eigenvalue weighted by Gasteiger charge is 2.23. The van der Waals surface area contributed by atoms with Gasteiger partial charge in [0.25, 0.3) is 0 Å². The third-order valence-electron chi connectivity index (χ3n) is 6.03. The molecule has 0 spiro atoms. The molecule has 0 atom stereocenters. The highest BCUT2D eigenvalue weighted by Crippen LogP contribution is 2.26. The fraction of sp³-hybridized carbons (Fsp3) is 0.810. The van der Waals surface area contributed by atoms with Crippen LogP contribution in [0.3, 0.4) is 0 Å². The molecule has 1 N–H and O–H groups in total. The van der Waals surface area contributed by atoms with Gasteiger partial charge in [-0.1, -0.05) is 12.8 Å². The molecule has 28 heavy (non-hydrogen) atoms. The molecule has 0 amide bonds. The number of halogens is 1. The van der Waals surface area contributed by atoms with Gasteiger partial charge in [-0.2, -0.15) is 0 Å². The normalized spacial score (nSPS) is 19.1. The van der Waals surface area contributed by atoms with E-state index in [0.717, 1.165) is 76.2 Å². The quantitative estimate of drug-likeness (QED) is 0.254. The first-order valence-corrected chi connectivity index (χ1v) is 10.8. The molecule has 7 heteroatoms. The second-order valence-corrected chi connectivity index (χ2v) is 8.02. The van der Waals surface area contributed by atoms with Crippen molar-refractivity contribution >= 4 is 29.9 Å². The molecule has 1 saturated heterocycles. The molecule has 0 radical (unpaired) electrons. The van der Waals surface area contributed by atoms with Gasteiger partial charge in [0.1, 0.15) is 5.82 Å². The lowest BCUT2D eigenvalue weighted by molar-refractivity contribution is 0.00102. The molecule has 2 aliphatic rings. The van der Waals surface area contributed by atoms with Crippen LogP contribution in [-0.2, 0) is 11.3 Å². The van der Waals surface area contributed by atoms with Crippen LogP contribution < -0.4 is 5.32 Å². The fourth-order valence-electron chi connectivity index (χ4n) is 4.26. The second kappa shape index (κ2) is 12.7. The Labute approximate surface area is 187 Å². The van der Waals surface area contributed by atoms with Crippen molar-refractivity contribution in [2.75, 3.05) is 33.3 Å². The number of piperidine rings is 1. The molecular formula is C21H38IN5O. The van der Waals surface area contributed by atoms with Gasteiger partial charge < -0.3 is 19.5 Å². The van der Waals surface area contributed by atoms with Crippen molar-refractivity contribution in [3.8, 4) is 0 Å². The van der Waals surface area contributed by atoms with Crippen LogP contribution in [0, 0.1) is 12.8 Å². The third kappa shape index (κ3) is 7.21. The number of hydrogen-bond acceptors (Lipinski definition) is 3. The summed E-state index contributed by atoms with van der Waals surface area (Å²) in [6, 6.07) is 0. The maximum atomic E-state index is 6.19. The van der Waals surface area contributed by atoms with Crippen molar-refractivity contribution in [1.82, 2.24) is 19.8 Å². The van der Waals surface area contributed by atoms with E-state index in [1.54, 1.807) is 0 Å². The van der Waals surface area contributed by atoms with Gasteiger partial charge in [-0.25, -0.2) is 4.98 Å². The number of aryl methyl sites for hydroxylation is 2. The van der Waals surface area contributed by atoms with Crippen LogP contribution in [0.4, 0.5) is 0 Å². The second-order valence-electron chi connectivity index (χ2n) is 8.02. The lowest BCUT2D eigenvalue weighted by Gasteiger charge is -2.34. The molecule has 1 aliphatic carbocycles. The van der Waals surface area contributed by atoms with Crippen LogP contribution >= 0.6 is 24.0 Å². The van der Waals surface area contributed by atoms with Crippen molar-refractivity contribution in [2.45, 2.75) is 70.9 Å². The topological polar surface area (TPSA) is 54.7 Å². The van der Waals surface area contributed by atoms with E-state index in [9.17, 15) is 0 Å². The Morgan fingerprint density at radius 2 is 1.96 bits per heavy atom. The summed E-state index contributed by atoms with van der Waals surface area (Å²) in [6.07, 6.45) is 14.4. The predicted molar refractivity (Wildman–Crippen MR) is 125 cm³/mol. The fourth-order valence-corrected chi connectivity index (χ4v) is 4.26. The van der Waals surface area contributed by atoms with Crippen LogP contribution in [0.1, 0.15) is 57.2 Å².